The van der Waals surface area contributed by atoms with Crippen molar-refractivity contribution in [3.05, 3.63) is 58.7 Å². The molecule has 122 valence electrons. The SMILES string of the molecule is CCc1cccc(C)c1NC(=O)C(C)Oc1cc(C)cc(C)c1. The highest BCUT2D eigenvalue weighted by Crippen LogP contribution is 2.22. The van der Waals surface area contributed by atoms with Gasteiger partial charge >= 0.3 is 0 Å². The van der Waals surface area contributed by atoms with Crippen LogP contribution in [0.15, 0.2) is 36.4 Å². The quantitative estimate of drug-likeness (QED) is 0.877. The molecule has 2 aromatic carbocycles. The van der Waals surface area contributed by atoms with Crippen molar-refractivity contribution < 1.29 is 9.53 Å². The lowest BCUT2D eigenvalue weighted by Gasteiger charge is -2.18. The molecule has 1 atom stereocenters. The number of hydrogen-bond acceptors (Lipinski definition) is 2. The van der Waals surface area contributed by atoms with Crippen molar-refractivity contribution in [2.24, 2.45) is 0 Å². The van der Waals surface area contributed by atoms with Gasteiger partial charge in [0.05, 0.1) is 0 Å². The molecule has 1 N–H and O–H groups in total. The number of hydrogen-bond donors (Lipinski definition) is 1. The van der Waals surface area contributed by atoms with E-state index in [-0.39, 0.29) is 5.91 Å². The molecular formula is C20H25NO2. The summed E-state index contributed by atoms with van der Waals surface area (Å²) in [6, 6.07) is 12.0. The average Bonchev–Trinajstić information content (AvgIpc) is 2.48. The zero-order valence-corrected chi connectivity index (χ0v) is 14.6. The molecule has 23 heavy (non-hydrogen) atoms. The maximum Gasteiger partial charge on any atom is 0.265 e. The van der Waals surface area contributed by atoms with Crippen molar-refractivity contribution in [1.82, 2.24) is 0 Å². The van der Waals surface area contributed by atoms with Crippen LogP contribution >= 0.6 is 0 Å². The number of nitrogens with one attached hydrogen (secondary N) is 1. The van der Waals surface area contributed by atoms with E-state index in [4.69, 9.17) is 4.74 Å². The first-order valence-electron chi connectivity index (χ1n) is 8.05. The molecule has 0 saturated carbocycles. The number of carbonyl (C=O) groups excluding carboxylic acids is 1. The van der Waals surface area contributed by atoms with E-state index in [9.17, 15) is 4.79 Å². The Balaban J connectivity index is 2.11. The number of aryl methyl sites for hydroxylation is 4. The molecule has 2 aromatic rings. The summed E-state index contributed by atoms with van der Waals surface area (Å²) in [5.74, 6) is 0.596. The lowest BCUT2D eigenvalue weighted by atomic mass is 10.1. The van der Waals surface area contributed by atoms with Gasteiger partial charge in [-0.05, 0) is 68.5 Å². The predicted molar refractivity (Wildman–Crippen MR) is 95.2 cm³/mol. The van der Waals surface area contributed by atoms with E-state index in [1.54, 1.807) is 6.92 Å². The number of amides is 1. The molecule has 0 radical (unpaired) electrons. The number of carbonyl (C=O) groups is 1. The number of anilines is 1. The molecule has 0 fully saturated rings. The maximum absolute atomic E-state index is 12.5. The van der Waals surface area contributed by atoms with Crippen LogP contribution in [0.2, 0.25) is 0 Å². The van der Waals surface area contributed by atoms with Gasteiger partial charge in [-0.15, -0.1) is 0 Å². The van der Waals surface area contributed by atoms with Crippen molar-refractivity contribution >= 4 is 11.6 Å². The average molecular weight is 311 g/mol. The normalized spacial score (nSPS) is 11.9. The summed E-state index contributed by atoms with van der Waals surface area (Å²) in [6.45, 7) is 9.90. The Hall–Kier alpha value is -2.29. The van der Waals surface area contributed by atoms with Crippen LogP contribution in [0.4, 0.5) is 5.69 Å². The molecule has 0 saturated heterocycles. The third kappa shape index (κ3) is 4.35. The van der Waals surface area contributed by atoms with Gasteiger partial charge in [0.25, 0.3) is 5.91 Å². The third-order valence-corrected chi connectivity index (χ3v) is 3.87. The number of benzene rings is 2. The zero-order chi connectivity index (χ0) is 17.0. The molecule has 0 aliphatic carbocycles. The topological polar surface area (TPSA) is 38.3 Å². The van der Waals surface area contributed by atoms with E-state index < -0.39 is 6.10 Å². The van der Waals surface area contributed by atoms with Gasteiger partial charge in [0, 0.05) is 5.69 Å². The Bertz CT molecular complexity index is 687. The van der Waals surface area contributed by atoms with Crippen molar-refractivity contribution in [2.75, 3.05) is 5.32 Å². The Kier molecular flexibility index (Phi) is 5.43. The Morgan fingerprint density at radius 2 is 1.78 bits per heavy atom. The highest BCUT2D eigenvalue weighted by atomic mass is 16.5. The number of ether oxygens (including phenoxy) is 1. The summed E-state index contributed by atoms with van der Waals surface area (Å²) in [7, 11) is 0. The molecule has 0 heterocycles. The molecule has 0 aromatic heterocycles. The number of para-hydroxylation sites is 1. The summed E-state index contributed by atoms with van der Waals surface area (Å²) in [5.41, 5.74) is 5.35. The van der Waals surface area contributed by atoms with Gasteiger partial charge in [-0.25, -0.2) is 0 Å². The van der Waals surface area contributed by atoms with Gasteiger partial charge in [0.2, 0.25) is 0 Å². The smallest absolute Gasteiger partial charge is 0.265 e. The first-order valence-corrected chi connectivity index (χ1v) is 8.05. The van der Waals surface area contributed by atoms with E-state index in [2.05, 4.69) is 18.3 Å². The third-order valence-electron chi connectivity index (χ3n) is 3.87. The Morgan fingerprint density at radius 3 is 2.39 bits per heavy atom. The minimum absolute atomic E-state index is 0.131. The van der Waals surface area contributed by atoms with Crippen LogP contribution in [0.25, 0.3) is 0 Å². The predicted octanol–water partition coefficient (Wildman–Crippen LogP) is 4.58. The van der Waals surface area contributed by atoms with Gasteiger partial charge in [-0.1, -0.05) is 31.2 Å². The van der Waals surface area contributed by atoms with Gasteiger partial charge < -0.3 is 10.1 Å². The summed E-state index contributed by atoms with van der Waals surface area (Å²) < 4.78 is 5.81. The largest absolute Gasteiger partial charge is 0.481 e. The molecule has 3 nitrogen and oxygen atoms in total. The standard InChI is InChI=1S/C20H25NO2/c1-6-17-9-7-8-15(4)19(17)21-20(22)16(5)23-18-11-13(2)10-14(3)12-18/h7-12,16H,6H2,1-5H3,(H,21,22). The van der Waals surface area contributed by atoms with Crippen LogP contribution < -0.4 is 10.1 Å². The van der Waals surface area contributed by atoms with Gasteiger partial charge in [0.15, 0.2) is 6.10 Å². The Morgan fingerprint density at radius 1 is 1.13 bits per heavy atom. The van der Waals surface area contributed by atoms with E-state index >= 15 is 0 Å². The second-order valence-electron chi connectivity index (χ2n) is 6.04. The fourth-order valence-corrected chi connectivity index (χ4v) is 2.69. The highest BCUT2D eigenvalue weighted by molar-refractivity contribution is 5.95. The monoisotopic (exact) mass is 311 g/mol. The summed E-state index contributed by atoms with van der Waals surface area (Å²) in [4.78, 5) is 12.5. The van der Waals surface area contributed by atoms with E-state index in [1.165, 1.54) is 0 Å². The molecule has 1 amide bonds. The van der Waals surface area contributed by atoms with Crippen LogP contribution in [-0.4, -0.2) is 12.0 Å². The van der Waals surface area contributed by atoms with Crippen molar-refractivity contribution in [3.8, 4) is 5.75 Å². The van der Waals surface area contributed by atoms with Crippen LogP contribution in [0.1, 0.15) is 36.1 Å². The molecular weight excluding hydrogens is 286 g/mol. The van der Waals surface area contributed by atoms with Gasteiger partial charge in [-0.2, -0.15) is 0 Å². The second-order valence-corrected chi connectivity index (χ2v) is 6.04. The van der Waals surface area contributed by atoms with Gasteiger partial charge in [0.1, 0.15) is 5.75 Å². The van der Waals surface area contributed by atoms with Crippen LogP contribution in [0.3, 0.4) is 0 Å². The molecule has 0 spiro atoms. The molecule has 1 unspecified atom stereocenters. The molecule has 0 aliphatic heterocycles. The summed E-state index contributed by atoms with van der Waals surface area (Å²) >= 11 is 0. The van der Waals surface area contributed by atoms with Crippen LogP contribution in [0.5, 0.6) is 5.75 Å². The Labute approximate surface area is 138 Å². The second kappa shape index (κ2) is 7.32. The molecule has 0 bridgehead atoms. The van der Waals surface area contributed by atoms with E-state index in [1.807, 2.05) is 51.1 Å². The van der Waals surface area contributed by atoms with Crippen LogP contribution in [0, 0.1) is 20.8 Å². The fourth-order valence-electron chi connectivity index (χ4n) is 2.69. The van der Waals surface area contributed by atoms with E-state index in [0.29, 0.717) is 0 Å². The minimum Gasteiger partial charge on any atom is -0.481 e. The first-order chi connectivity index (χ1) is 10.9. The van der Waals surface area contributed by atoms with Crippen LogP contribution in [-0.2, 0) is 11.2 Å². The van der Waals surface area contributed by atoms with E-state index in [0.717, 1.165) is 40.1 Å². The zero-order valence-electron chi connectivity index (χ0n) is 14.6. The molecule has 3 heteroatoms. The number of rotatable bonds is 5. The van der Waals surface area contributed by atoms with Gasteiger partial charge in [-0.3, -0.25) is 4.79 Å². The van der Waals surface area contributed by atoms with Crippen molar-refractivity contribution in [3.63, 3.8) is 0 Å². The van der Waals surface area contributed by atoms with Crippen molar-refractivity contribution in [2.45, 2.75) is 47.1 Å². The highest BCUT2D eigenvalue weighted by Gasteiger charge is 2.17. The summed E-state index contributed by atoms with van der Waals surface area (Å²) in [6.07, 6.45) is 0.323. The van der Waals surface area contributed by atoms with Crippen molar-refractivity contribution in [1.29, 1.82) is 0 Å². The molecule has 0 aliphatic rings. The minimum atomic E-state index is -0.555. The lowest BCUT2D eigenvalue weighted by Crippen LogP contribution is -2.30. The first kappa shape index (κ1) is 17.1. The fraction of sp³-hybridized carbons (Fsp3) is 0.350. The maximum atomic E-state index is 12.5. The molecule has 2 rings (SSSR count). The summed E-state index contributed by atoms with van der Waals surface area (Å²) in [5, 5.41) is 3.02. The lowest BCUT2D eigenvalue weighted by molar-refractivity contribution is -0.122.